The second kappa shape index (κ2) is 13.2. The van der Waals surface area contributed by atoms with Gasteiger partial charge in [-0.3, -0.25) is 4.99 Å². The van der Waals surface area contributed by atoms with E-state index in [0.717, 1.165) is 16.9 Å². The molecule has 1 rings (SSSR count). The molecule has 1 aromatic carbocycles. The summed E-state index contributed by atoms with van der Waals surface area (Å²) in [6, 6.07) is 5.98. The zero-order chi connectivity index (χ0) is 20.4. The molecule has 9 heteroatoms. The average molecular weight is 526 g/mol. The summed E-state index contributed by atoms with van der Waals surface area (Å²) in [4.78, 5) is 4.44. The van der Waals surface area contributed by atoms with Crippen molar-refractivity contribution < 1.29 is 13.2 Å². The molecule has 0 saturated carbocycles. The molecular formula is C19H35IN4O3S. The molecular weight excluding hydrogens is 491 g/mol. The van der Waals surface area contributed by atoms with E-state index in [-0.39, 0.29) is 42.3 Å². The summed E-state index contributed by atoms with van der Waals surface area (Å²) in [6.07, 6.45) is 0. The standard InChI is InChI=1S/C19H34N4O3S.HI/c1-7-20-19(21-12-13-27(24,25)23(8-2)9-3)22-16(5)17-14-15(4)10-11-18(17)26-6;/h10-11,14,16H,7-9,12-13H2,1-6H3,(H2,20,21,22);1H. The van der Waals surface area contributed by atoms with Crippen LogP contribution in [0.1, 0.15) is 44.9 Å². The van der Waals surface area contributed by atoms with Crippen molar-refractivity contribution in [1.82, 2.24) is 14.9 Å². The van der Waals surface area contributed by atoms with Crippen LogP contribution in [0, 0.1) is 6.92 Å². The number of guanidine groups is 1. The fraction of sp³-hybridized carbons (Fsp3) is 0.632. The van der Waals surface area contributed by atoms with Crippen LogP contribution in [-0.2, 0) is 10.0 Å². The van der Waals surface area contributed by atoms with Gasteiger partial charge in [-0.25, -0.2) is 12.7 Å². The van der Waals surface area contributed by atoms with Gasteiger partial charge in [0.2, 0.25) is 10.0 Å². The Hall–Kier alpha value is -1.07. The van der Waals surface area contributed by atoms with Gasteiger partial charge >= 0.3 is 0 Å². The number of sulfonamides is 1. The predicted molar refractivity (Wildman–Crippen MR) is 127 cm³/mol. The Kier molecular flexibility index (Phi) is 12.7. The highest BCUT2D eigenvalue weighted by molar-refractivity contribution is 14.0. The Morgan fingerprint density at radius 3 is 2.43 bits per heavy atom. The summed E-state index contributed by atoms with van der Waals surface area (Å²) in [5.41, 5.74) is 2.17. The zero-order valence-corrected chi connectivity index (χ0v) is 20.9. The molecule has 0 radical (unpaired) electrons. The van der Waals surface area contributed by atoms with E-state index in [1.54, 1.807) is 7.11 Å². The van der Waals surface area contributed by atoms with Crippen molar-refractivity contribution in [3.8, 4) is 5.75 Å². The molecule has 0 bridgehead atoms. The number of halogens is 1. The molecule has 0 fully saturated rings. The topological polar surface area (TPSA) is 83.0 Å². The van der Waals surface area contributed by atoms with Gasteiger partial charge < -0.3 is 15.4 Å². The van der Waals surface area contributed by atoms with Crippen molar-refractivity contribution in [3.05, 3.63) is 29.3 Å². The second-order valence-electron chi connectivity index (χ2n) is 6.27. The number of hydrogen-bond acceptors (Lipinski definition) is 4. The van der Waals surface area contributed by atoms with Crippen molar-refractivity contribution in [2.45, 2.75) is 40.7 Å². The zero-order valence-electron chi connectivity index (χ0n) is 17.8. The number of ether oxygens (including phenoxy) is 1. The lowest BCUT2D eigenvalue weighted by Gasteiger charge is -2.21. The molecule has 0 amide bonds. The van der Waals surface area contributed by atoms with Crippen LogP contribution in [-0.4, -0.2) is 57.7 Å². The molecule has 1 unspecified atom stereocenters. The van der Waals surface area contributed by atoms with Gasteiger partial charge in [-0.05, 0) is 26.8 Å². The fourth-order valence-corrected chi connectivity index (χ4v) is 4.18. The molecule has 2 N–H and O–H groups in total. The van der Waals surface area contributed by atoms with Crippen LogP contribution in [0.5, 0.6) is 5.75 Å². The van der Waals surface area contributed by atoms with E-state index in [2.05, 4.69) is 21.7 Å². The molecule has 0 aliphatic carbocycles. The van der Waals surface area contributed by atoms with E-state index < -0.39 is 10.0 Å². The average Bonchev–Trinajstić information content (AvgIpc) is 2.62. The Labute approximate surface area is 187 Å². The van der Waals surface area contributed by atoms with Crippen LogP contribution in [0.15, 0.2) is 23.2 Å². The first kappa shape index (κ1) is 26.9. The van der Waals surface area contributed by atoms with Gasteiger partial charge in [0.15, 0.2) is 5.96 Å². The molecule has 0 aliphatic heterocycles. The van der Waals surface area contributed by atoms with Gasteiger partial charge in [0.05, 0.1) is 25.4 Å². The third-order valence-electron chi connectivity index (χ3n) is 4.27. The summed E-state index contributed by atoms with van der Waals surface area (Å²) < 4.78 is 31.5. The first-order valence-electron chi connectivity index (χ1n) is 9.46. The van der Waals surface area contributed by atoms with Crippen LogP contribution >= 0.6 is 24.0 Å². The van der Waals surface area contributed by atoms with E-state index in [9.17, 15) is 8.42 Å². The van der Waals surface area contributed by atoms with Crippen LogP contribution in [0.3, 0.4) is 0 Å². The summed E-state index contributed by atoms with van der Waals surface area (Å²) in [7, 11) is -1.63. The quantitative estimate of drug-likeness (QED) is 0.279. The highest BCUT2D eigenvalue weighted by Crippen LogP contribution is 2.25. The van der Waals surface area contributed by atoms with E-state index >= 15 is 0 Å². The smallest absolute Gasteiger partial charge is 0.215 e. The van der Waals surface area contributed by atoms with Crippen LogP contribution in [0.2, 0.25) is 0 Å². The highest BCUT2D eigenvalue weighted by atomic mass is 127. The first-order chi connectivity index (χ1) is 12.8. The lowest BCUT2D eigenvalue weighted by molar-refractivity contribution is 0.405. The summed E-state index contributed by atoms with van der Waals surface area (Å²) in [6.45, 7) is 11.6. The largest absolute Gasteiger partial charge is 0.496 e. The molecule has 0 saturated heterocycles. The number of aryl methyl sites for hydroxylation is 1. The molecule has 0 aliphatic rings. The van der Waals surface area contributed by atoms with Crippen molar-refractivity contribution in [2.24, 2.45) is 4.99 Å². The van der Waals surface area contributed by atoms with Gasteiger partial charge in [0.1, 0.15) is 5.75 Å². The van der Waals surface area contributed by atoms with Crippen molar-refractivity contribution in [1.29, 1.82) is 0 Å². The molecule has 0 spiro atoms. The SMILES string of the molecule is CCNC(=NCCS(=O)(=O)N(CC)CC)NC(C)c1cc(C)ccc1OC.I. The number of methoxy groups -OCH3 is 1. The normalized spacial score (nSPS) is 13.0. The van der Waals surface area contributed by atoms with Crippen LogP contribution in [0.25, 0.3) is 0 Å². The Bertz CT molecular complexity index is 722. The monoisotopic (exact) mass is 526 g/mol. The molecule has 0 heterocycles. The minimum Gasteiger partial charge on any atom is -0.496 e. The summed E-state index contributed by atoms with van der Waals surface area (Å²) >= 11 is 0. The molecule has 1 aromatic rings. The molecule has 162 valence electrons. The van der Waals surface area contributed by atoms with Gasteiger partial charge in [-0.2, -0.15) is 0 Å². The van der Waals surface area contributed by atoms with Gasteiger partial charge in [0, 0.05) is 25.2 Å². The number of aliphatic imine (C=N–C) groups is 1. The van der Waals surface area contributed by atoms with Gasteiger partial charge in [-0.15, -0.1) is 24.0 Å². The predicted octanol–water partition coefficient (Wildman–Crippen LogP) is 2.91. The number of nitrogens with zero attached hydrogens (tertiary/aromatic N) is 2. The number of rotatable bonds is 10. The van der Waals surface area contributed by atoms with Crippen molar-refractivity contribution in [3.63, 3.8) is 0 Å². The third kappa shape index (κ3) is 8.12. The van der Waals surface area contributed by atoms with Crippen LogP contribution < -0.4 is 15.4 Å². The number of hydrogen-bond donors (Lipinski definition) is 2. The third-order valence-corrected chi connectivity index (χ3v) is 6.27. The second-order valence-corrected chi connectivity index (χ2v) is 8.36. The van der Waals surface area contributed by atoms with E-state index in [4.69, 9.17) is 4.74 Å². The molecule has 7 nitrogen and oxygen atoms in total. The summed E-state index contributed by atoms with van der Waals surface area (Å²) in [5.74, 6) is 1.39. The number of nitrogens with one attached hydrogen (secondary N) is 2. The van der Waals surface area contributed by atoms with E-state index in [1.807, 2.05) is 46.8 Å². The number of benzene rings is 1. The Morgan fingerprint density at radius 1 is 1.25 bits per heavy atom. The maximum absolute atomic E-state index is 12.3. The Balaban J connectivity index is 0.00000729. The fourth-order valence-electron chi connectivity index (χ4n) is 2.81. The van der Waals surface area contributed by atoms with Crippen LogP contribution in [0.4, 0.5) is 0 Å². The van der Waals surface area contributed by atoms with Crippen molar-refractivity contribution in [2.75, 3.05) is 39.0 Å². The Morgan fingerprint density at radius 2 is 1.89 bits per heavy atom. The lowest BCUT2D eigenvalue weighted by Crippen LogP contribution is -2.39. The van der Waals surface area contributed by atoms with E-state index in [1.165, 1.54) is 4.31 Å². The molecule has 0 aromatic heterocycles. The maximum Gasteiger partial charge on any atom is 0.215 e. The highest BCUT2D eigenvalue weighted by Gasteiger charge is 2.18. The van der Waals surface area contributed by atoms with E-state index in [0.29, 0.717) is 25.6 Å². The van der Waals surface area contributed by atoms with Gasteiger partial charge in [-0.1, -0.05) is 31.5 Å². The van der Waals surface area contributed by atoms with Crippen molar-refractivity contribution >= 4 is 40.0 Å². The minimum absolute atomic E-state index is 0. The summed E-state index contributed by atoms with van der Waals surface area (Å²) in [5, 5.41) is 6.50. The molecule has 1 atom stereocenters. The minimum atomic E-state index is -3.28. The maximum atomic E-state index is 12.3. The molecule has 28 heavy (non-hydrogen) atoms. The lowest BCUT2D eigenvalue weighted by atomic mass is 10.0. The first-order valence-corrected chi connectivity index (χ1v) is 11.1. The van der Waals surface area contributed by atoms with Gasteiger partial charge in [0.25, 0.3) is 0 Å².